The van der Waals surface area contributed by atoms with E-state index in [2.05, 4.69) is 10.6 Å². The van der Waals surface area contributed by atoms with Gasteiger partial charge in [0.1, 0.15) is 21.8 Å². The molecule has 1 saturated carbocycles. The molecule has 0 bridgehead atoms. The zero-order chi connectivity index (χ0) is 25.7. The van der Waals surface area contributed by atoms with Crippen LogP contribution in [0.5, 0.6) is 0 Å². The normalized spacial score (nSPS) is 18.1. The van der Waals surface area contributed by atoms with Crippen molar-refractivity contribution in [2.75, 3.05) is 16.4 Å². The van der Waals surface area contributed by atoms with Gasteiger partial charge in [-0.15, -0.1) is 23.2 Å². The van der Waals surface area contributed by atoms with Gasteiger partial charge in [0.25, 0.3) is 5.91 Å². The number of hydrogen-bond donors (Lipinski definition) is 3. The Morgan fingerprint density at radius 1 is 0.857 bits per heavy atom. The molecular formula is C23H14Cl4F3N3O2. The van der Waals surface area contributed by atoms with Crippen molar-refractivity contribution in [3.63, 3.8) is 0 Å². The van der Waals surface area contributed by atoms with Crippen LogP contribution in [0.4, 0.5) is 30.2 Å². The zero-order valence-corrected chi connectivity index (χ0v) is 20.3. The lowest BCUT2D eigenvalue weighted by molar-refractivity contribution is -0.117. The van der Waals surface area contributed by atoms with Crippen molar-refractivity contribution in [2.45, 2.75) is 10.3 Å². The van der Waals surface area contributed by atoms with Crippen molar-refractivity contribution >= 4 is 75.3 Å². The first kappa shape index (κ1) is 25.4. The molecular weight excluding hydrogens is 549 g/mol. The summed E-state index contributed by atoms with van der Waals surface area (Å²) in [5.41, 5.74) is 4.69. The van der Waals surface area contributed by atoms with Crippen LogP contribution in [0.1, 0.15) is 21.8 Å². The number of nitrogens with one attached hydrogen (secondary N) is 2. The molecule has 0 aliphatic heterocycles. The third kappa shape index (κ3) is 5.02. The molecule has 0 unspecified atom stereocenters. The maximum Gasteiger partial charge on any atom is 0.258 e. The number of hydrogen-bond acceptors (Lipinski definition) is 3. The molecule has 35 heavy (non-hydrogen) atoms. The molecule has 4 rings (SSSR count). The first-order valence-corrected chi connectivity index (χ1v) is 11.4. The molecule has 2 atom stereocenters. The molecule has 0 radical (unpaired) electrons. The van der Waals surface area contributed by atoms with Gasteiger partial charge in [-0.05, 0) is 42.0 Å². The second-order valence-electron chi connectivity index (χ2n) is 7.79. The Morgan fingerprint density at radius 2 is 1.57 bits per heavy atom. The summed E-state index contributed by atoms with van der Waals surface area (Å²) < 4.78 is 40.2. The van der Waals surface area contributed by atoms with Crippen LogP contribution in [0.15, 0.2) is 48.5 Å². The summed E-state index contributed by atoms with van der Waals surface area (Å²) in [6, 6.07) is 9.33. The van der Waals surface area contributed by atoms with Crippen molar-refractivity contribution < 1.29 is 22.8 Å². The lowest BCUT2D eigenvalue weighted by Gasteiger charge is -2.11. The predicted octanol–water partition coefficient (Wildman–Crippen LogP) is 6.77. The Labute approximate surface area is 217 Å². The number of alkyl halides is 2. The number of carbonyl (C=O) groups excluding carboxylic acids is 2. The van der Waals surface area contributed by atoms with Crippen LogP contribution in [-0.2, 0) is 4.79 Å². The van der Waals surface area contributed by atoms with Crippen molar-refractivity contribution in [1.82, 2.24) is 0 Å². The lowest BCUT2D eigenvalue weighted by atomic mass is 10.1. The van der Waals surface area contributed by atoms with Crippen LogP contribution in [0.25, 0.3) is 0 Å². The molecule has 3 aromatic rings. The minimum atomic E-state index is -1.43. The van der Waals surface area contributed by atoms with Crippen LogP contribution >= 0.6 is 46.4 Å². The van der Waals surface area contributed by atoms with E-state index in [1.807, 2.05) is 0 Å². The molecule has 2 amide bonds. The van der Waals surface area contributed by atoms with Crippen LogP contribution in [0, 0.1) is 23.4 Å². The minimum Gasteiger partial charge on any atom is -0.396 e. The third-order valence-electron chi connectivity index (χ3n) is 5.45. The van der Waals surface area contributed by atoms with E-state index in [-0.39, 0.29) is 10.7 Å². The standard InChI is InChI=1S/C23H14Cl4F3N3O2/c24-12-3-1-9(5-13(12)25)19-20(23(19,26)27)22(35)32-10-2-4-14(28)11(6-10)21(34)33-18-8-17(31)15(29)7-16(18)30/h1-8,19-20H,31H2,(H,32,35)(H,33,34)/t19-,20+/m0/s1. The Bertz CT molecular complexity index is 1370. The molecule has 0 saturated heterocycles. The maximum atomic E-state index is 14.3. The van der Waals surface area contributed by atoms with Crippen molar-refractivity contribution in [2.24, 2.45) is 5.92 Å². The molecule has 182 valence electrons. The molecule has 0 spiro atoms. The number of amides is 2. The molecule has 1 aliphatic rings. The van der Waals surface area contributed by atoms with E-state index < -0.39 is 62.4 Å². The average molecular weight is 563 g/mol. The fourth-order valence-corrected chi connectivity index (χ4v) is 4.76. The summed E-state index contributed by atoms with van der Waals surface area (Å²) in [7, 11) is 0. The topological polar surface area (TPSA) is 84.2 Å². The molecule has 0 aromatic heterocycles. The van der Waals surface area contributed by atoms with Gasteiger partial charge in [-0.3, -0.25) is 9.59 Å². The highest BCUT2D eigenvalue weighted by Crippen LogP contribution is 2.65. The fourth-order valence-electron chi connectivity index (χ4n) is 3.62. The highest BCUT2D eigenvalue weighted by Gasteiger charge is 2.67. The summed E-state index contributed by atoms with van der Waals surface area (Å²) in [5, 5.41) is 5.26. The number of nitrogens with two attached hydrogens (primary N) is 1. The summed E-state index contributed by atoms with van der Waals surface area (Å²) in [6.45, 7) is 0. The van der Waals surface area contributed by atoms with Gasteiger partial charge in [0.2, 0.25) is 5.91 Å². The van der Waals surface area contributed by atoms with Gasteiger partial charge in [-0.25, -0.2) is 13.2 Å². The summed E-state index contributed by atoms with van der Waals surface area (Å²) >= 11 is 24.6. The lowest BCUT2D eigenvalue weighted by Crippen LogP contribution is -2.19. The van der Waals surface area contributed by atoms with Gasteiger partial charge < -0.3 is 16.4 Å². The predicted molar refractivity (Wildman–Crippen MR) is 131 cm³/mol. The van der Waals surface area contributed by atoms with Gasteiger partial charge in [-0.2, -0.15) is 0 Å². The molecule has 4 N–H and O–H groups in total. The van der Waals surface area contributed by atoms with E-state index in [1.165, 1.54) is 6.07 Å². The Hall–Kier alpha value is -2.65. The zero-order valence-electron chi connectivity index (χ0n) is 17.3. The number of halogens is 7. The average Bonchev–Trinajstić information content (AvgIpc) is 3.37. The van der Waals surface area contributed by atoms with Gasteiger partial charge in [0.05, 0.1) is 32.9 Å². The molecule has 1 aliphatic carbocycles. The van der Waals surface area contributed by atoms with Crippen LogP contribution in [-0.4, -0.2) is 16.1 Å². The van der Waals surface area contributed by atoms with Crippen LogP contribution < -0.4 is 16.4 Å². The quantitative estimate of drug-likeness (QED) is 0.237. The highest BCUT2D eigenvalue weighted by molar-refractivity contribution is 6.53. The molecule has 5 nitrogen and oxygen atoms in total. The van der Waals surface area contributed by atoms with E-state index in [0.29, 0.717) is 16.7 Å². The van der Waals surface area contributed by atoms with Gasteiger partial charge in [0, 0.05) is 17.7 Å². The van der Waals surface area contributed by atoms with Gasteiger partial charge >= 0.3 is 0 Å². The largest absolute Gasteiger partial charge is 0.396 e. The molecule has 1 fully saturated rings. The summed E-state index contributed by atoms with van der Waals surface area (Å²) in [6.07, 6.45) is 0. The van der Waals surface area contributed by atoms with Gasteiger partial charge in [0.15, 0.2) is 0 Å². The van der Waals surface area contributed by atoms with Crippen molar-refractivity contribution in [3.05, 3.63) is 87.2 Å². The SMILES string of the molecule is Nc1cc(NC(=O)c2cc(NC(=O)[C@H]3[C@H](c4ccc(Cl)c(Cl)c4)C3(Cl)Cl)ccc2F)c(F)cc1F. The smallest absolute Gasteiger partial charge is 0.258 e. The van der Waals surface area contributed by atoms with Gasteiger partial charge in [-0.1, -0.05) is 29.3 Å². The second kappa shape index (κ2) is 9.43. The first-order chi connectivity index (χ1) is 16.4. The van der Waals surface area contributed by atoms with E-state index in [0.717, 1.165) is 18.2 Å². The molecule has 12 heteroatoms. The number of carbonyl (C=O) groups is 2. The maximum absolute atomic E-state index is 14.3. The van der Waals surface area contributed by atoms with E-state index >= 15 is 0 Å². The fraction of sp³-hybridized carbons (Fsp3) is 0.130. The minimum absolute atomic E-state index is 0.0598. The van der Waals surface area contributed by atoms with Crippen LogP contribution in [0.3, 0.4) is 0 Å². The summed E-state index contributed by atoms with van der Waals surface area (Å²) in [5.74, 6) is -6.14. The summed E-state index contributed by atoms with van der Waals surface area (Å²) in [4.78, 5) is 25.4. The molecule has 3 aromatic carbocycles. The third-order valence-corrected chi connectivity index (χ3v) is 7.13. The van der Waals surface area contributed by atoms with E-state index in [4.69, 9.17) is 52.1 Å². The number of rotatable bonds is 5. The number of nitrogen functional groups attached to an aromatic ring is 1. The van der Waals surface area contributed by atoms with Crippen molar-refractivity contribution in [3.8, 4) is 0 Å². The van der Waals surface area contributed by atoms with E-state index in [1.54, 1.807) is 18.2 Å². The highest BCUT2D eigenvalue weighted by atomic mass is 35.5. The van der Waals surface area contributed by atoms with E-state index in [9.17, 15) is 22.8 Å². The molecule has 0 heterocycles. The Kier molecular flexibility index (Phi) is 6.85. The Morgan fingerprint density at radius 3 is 2.26 bits per heavy atom. The van der Waals surface area contributed by atoms with Crippen molar-refractivity contribution in [1.29, 1.82) is 0 Å². The Balaban J connectivity index is 1.52. The first-order valence-electron chi connectivity index (χ1n) is 9.89. The van der Waals surface area contributed by atoms with Crippen LogP contribution in [0.2, 0.25) is 10.0 Å². The number of anilines is 3. The number of benzene rings is 3. The monoisotopic (exact) mass is 561 g/mol. The second-order valence-corrected chi connectivity index (χ2v) is 10.1.